The first-order valence-electron chi connectivity index (χ1n) is 6.49. The molecule has 0 bridgehead atoms. The molecule has 2 N–H and O–H groups in total. The van der Waals surface area contributed by atoms with E-state index in [4.69, 9.17) is 5.73 Å². The molecule has 1 aromatic carbocycles. The molecule has 1 unspecified atom stereocenters. The maximum atomic E-state index is 13.0. The minimum absolute atomic E-state index is 0.0953. The lowest BCUT2D eigenvalue weighted by molar-refractivity contribution is -0.132. The van der Waals surface area contributed by atoms with Gasteiger partial charge in [-0.25, -0.2) is 4.39 Å². The topological polar surface area (TPSA) is 66.6 Å². The zero-order chi connectivity index (χ0) is 14.9. The van der Waals surface area contributed by atoms with Crippen LogP contribution in [0.15, 0.2) is 18.2 Å². The van der Waals surface area contributed by atoms with Crippen molar-refractivity contribution in [2.75, 3.05) is 26.4 Å². The Kier molecular flexibility index (Phi) is 3.92. The molecule has 20 heavy (non-hydrogen) atoms. The number of carbonyl (C=O) groups excluding carboxylic acids is 2. The van der Waals surface area contributed by atoms with E-state index in [1.165, 1.54) is 21.9 Å². The Morgan fingerprint density at radius 3 is 2.70 bits per heavy atom. The van der Waals surface area contributed by atoms with Gasteiger partial charge < -0.3 is 15.5 Å². The third-order valence-electron chi connectivity index (χ3n) is 3.48. The highest BCUT2D eigenvalue weighted by atomic mass is 19.1. The van der Waals surface area contributed by atoms with Crippen LogP contribution in [0.5, 0.6) is 0 Å². The Hall–Kier alpha value is -2.11. The first-order valence-corrected chi connectivity index (χ1v) is 6.49. The number of nitrogen functional groups attached to an aromatic ring is 1. The Balaban J connectivity index is 2.25. The average Bonchev–Trinajstić information content (AvgIpc) is 2.86. The molecule has 0 saturated carbocycles. The van der Waals surface area contributed by atoms with Gasteiger partial charge in [0.2, 0.25) is 5.91 Å². The van der Waals surface area contributed by atoms with Crippen LogP contribution in [0.25, 0.3) is 0 Å². The zero-order valence-corrected chi connectivity index (χ0v) is 11.6. The molecule has 2 amide bonds. The predicted octanol–water partition coefficient (Wildman–Crippen LogP) is 1.10. The van der Waals surface area contributed by atoms with Gasteiger partial charge in [-0.15, -0.1) is 0 Å². The number of carbonyl (C=O) groups is 2. The predicted molar refractivity (Wildman–Crippen MR) is 73.6 cm³/mol. The van der Waals surface area contributed by atoms with Gasteiger partial charge in [0.1, 0.15) is 11.9 Å². The highest BCUT2D eigenvalue weighted by Crippen LogP contribution is 2.24. The number of amides is 2. The summed E-state index contributed by atoms with van der Waals surface area (Å²) in [6.45, 7) is 0.514. The fraction of sp³-hybridized carbons (Fsp3) is 0.429. The molecule has 6 heteroatoms. The molecule has 0 spiro atoms. The highest BCUT2D eigenvalue weighted by molar-refractivity contribution is 6.01. The van der Waals surface area contributed by atoms with E-state index in [-0.39, 0.29) is 23.1 Å². The number of halogens is 1. The van der Waals surface area contributed by atoms with Crippen LogP contribution in [-0.4, -0.2) is 48.3 Å². The minimum atomic E-state index is -0.485. The van der Waals surface area contributed by atoms with Crippen molar-refractivity contribution in [3.8, 4) is 0 Å². The van der Waals surface area contributed by atoms with Crippen molar-refractivity contribution in [1.29, 1.82) is 0 Å². The van der Waals surface area contributed by atoms with E-state index in [1.54, 1.807) is 14.1 Å². The molecule has 1 saturated heterocycles. The van der Waals surface area contributed by atoms with Crippen LogP contribution in [0.3, 0.4) is 0 Å². The molecule has 1 aromatic rings. The molecule has 1 aliphatic heterocycles. The molecule has 2 rings (SSSR count). The van der Waals surface area contributed by atoms with Crippen LogP contribution in [-0.2, 0) is 4.79 Å². The van der Waals surface area contributed by atoms with Crippen molar-refractivity contribution >= 4 is 17.5 Å². The standard InChI is InChI=1S/C14H18FN3O2/c1-17(2)14(20)12-4-3-7-18(12)13(19)10-6-5-9(15)8-11(10)16/h5-6,8,12H,3-4,7,16H2,1-2H3. The SMILES string of the molecule is CN(C)C(=O)C1CCCN1C(=O)c1ccc(F)cc1N. The van der Waals surface area contributed by atoms with Gasteiger partial charge in [-0.05, 0) is 31.0 Å². The maximum Gasteiger partial charge on any atom is 0.256 e. The summed E-state index contributed by atoms with van der Waals surface area (Å²) >= 11 is 0. The maximum absolute atomic E-state index is 13.0. The van der Waals surface area contributed by atoms with Crippen LogP contribution >= 0.6 is 0 Å². The minimum Gasteiger partial charge on any atom is -0.398 e. The van der Waals surface area contributed by atoms with E-state index in [1.807, 2.05) is 0 Å². The number of likely N-dealkylation sites (tertiary alicyclic amines) is 1. The van der Waals surface area contributed by atoms with Crippen LogP contribution in [0, 0.1) is 5.82 Å². The van der Waals surface area contributed by atoms with Crippen molar-refractivity contribution in [3.63, 3.8) is 0 Å². The van der Waals surface area contributed by atoms with Crippen molar-refractivity contribution in [1.82, 2.24) is 9.80 Å². The molecular formula is C14H18FN3O2. The number of hydrogen-bond donors (Lipinski definition) is 1. The van der Waals surface area contributed by atoms with Gasteiger partial charge in [0.15, 0.2) is 0 Å². The van der Waals surface area contributed by atoms with Gasteiger partial charge in [0.05, 0.1) is 5.56 Å². The van der Waals surface area contributed by atoms with Crippen LogP contribution < -0.4 is 5.73 Å². The number of rotatable bonds is 2. The molecule has 1 heterocycles. The highest BCUT2D eigenvalue weighted by Gasteiger charge is 2.35. The lowest BCUT2D eigenvalue weighted by atomic mass is 10.1. The quantitative estimate of drug-likeness (QED) is 0.824. The molecule has 5 nitrogen and oxygen atoms in total. The summed E-state index contributed by atoms with van der Waals surface area (Å²) in [5.74, 6) is -0.905. The van der Waals surface area contributed by atoms with Crippen LogP contribution in [0.4, 0.5) is 10.1 Å². The number of anilines is 1. The van der Waals surface area contributed by atoms with Crippen LogP contribution in [0.2, 0.25) is 0 Å². The molecule has 1 aliphatic rings. The van der Waals surface area contributed by atoms with Gasteiger partial charge >= 0.3 is 0 Å². The Bertz CT molecular complexity index is 545. The lowest BCUT2D eigenvalue weighted by Gasteiger charge is -2.26. The third kappa shape index (κ3) is 2.59. The second kappa shape index (κ2) is 5.48. The second-order valence-corrected chi connectivity index (χ2v) is 5.12. The largest absolute Gasteiger partial charge is 0.398 e. The van der Waals surface area contributed by atoms with E-state index in [9.17, 15) is 14.0 Å². The molecule has 1 atom stereocenters. The van der Waals surface area contributed by atoms with Gasteiger partial charge in [0, 0.05) is 26.3 Å². The summed E-state index contributed by atoms with van der Waals surface area (Å²) < 4.78 is 13.0. The summed E-state index contributed by atoms with van der Waals surface area (Å²) in [6, 6.07) is 3.22. The van der Waals surface area contributed by atoms with E-state index >= 15 is 0 Å². The smallest absolute Gasteiger partial charge is 0.256 e. The van der Waals surface area contributed by atoms with Gasteiger partial charge in [0.25, 0.3) is 5.91 Å². The zero-order valence-electron chi connectivity index (χ0n) is 11.6. The molecule has 1 fully saturated rings. The molecule has 0 radical (unpaired) electrons. The molecule has 0 aromatic heterocycles. The second-order valence-electron chi connectivity index (χ2n) is 5.12. The Morgan fingerprint density at radius 2 is 2.10 bits per heavy atom. The monoisotopic (exact) mass is 279 g/mol. The summed E-state index contributed by atoms with van der Waals surface area (Å²) in [4.78, 5) is 27.5. The van der Waals surface area contributed by atoms with Gasteiger partial charge in [-0.3, -0.25) is 9.59 Å². The lowest BCUT2D eigenvalue weighted by Crippen LogP contribution is -2.45. The van der Waals surface area contributed by atoms with E-state index < -0.39 is 11.9 Å². The Labute approximate surface area is 117 Å². The number of hydrogen-bond acceptors (Lipinski definition) is 3. The molecular weight excluding hydrogens is 261 g/mol. The number of nitrogens with zero attached hydrogens (tertiary/aromatic N) is 2. The number of nitrogens with two attached hydrogens (primary N) is 1. The average molecular weight is 279 g/mol. The van der Waals surface area contributed by atoms with Crippen molar-refractivity contribution in [2.24, 2.45) is 0 Å². The van der Waals surface area contributed by atoms with Crippen molar-refractivity contribution in [3.05, 3.63) is 29.6 Å². The normalized spacial score (nSPS) is 18.1. The summed E-state index contributed by atoms with van der Waals surface area (Å²) in [5.41, 5.74) is 6.02. The van der Waals surface area contributed by atoms with E-state index in [0.29, 0.717) is 13.0 Å². The Morgan fingerprint density at radius 1 is 1.40 bits per heavy atom. The first-order chi connectivity index (χ1) is 9.41. The van der Waals surface area contributed by atoms with Gasteiger partial charge in [-0.1, -0.05) is 0 Å². The van der Waals surface area contributed by atoms with E-state index in [2.05, 4.69) is 0 Å². The van der Waals surface area contributed by atoms with E-state index in [0.717, 1.165) is 12.5 Å². The molecule has 0 aliphatic carbocycles. The fourth-order valence-electron chi connectivity index (χ4n) is 2.45. The van der Waals surface area contributed by atoms with Crippen molar-refractivity contribution in [2.45, 2.75) is 18.9 Å². The summed E-state index contributed by atoms with van der Waals surface area (Å²) in [5, 5.41) is 0. The number of likely N-dealkylation sites (N-methyl/N-ethyl adjacent to an activating group) is 1. The summed E-state index contributed by atoms with van der Waals surface area (Å²) in [6.07, 6.45) is 1.42. The molecule has 108 valence electrons. The third-order valence-corrected chi connectivity index (χ3v) is 3.48. The van der Waals surface area contributed by atoms with Gasteiger partial charge in [-0.2, -0.15) is 0 Å². The first kappa shape index (κ1) is 14.3. The summed E-state index contributed by atoms with van der Waals surface area (Å²) in [7, 11) is 3.32. The van der Waals surface area contributed by atoms with Crippen LogP contribution in [0.1, 0.15) is 23.2 Å². The van der Waals surface area contributed by atoms with Crippen molar-refractivity contribution < 1.29 is 14.0 Å². The number of benzene rings is 1. The fourth-order valence-corrected chi connectivity index (χ4v) is 2.45.